The Kier molecular flexibility index (Phi) is 7.07. The summed E-state index contributed by atoms with van der Waals surface area (Å²) in [4.78, 5) is 47.6. The average Bonchev–Trinajstić information content (AvgIpc) is 3.31. The number of carbonyl (C=O) groups excluding carboxylic acids is 3. The summed E-state index contributed by atoms with van der Waals surface area (Å²) >= 11 is 7.38. The maximum Gasteiger partial charge on any atom is 0.257 e. The zero-order valence-electron chi connectivity index (χ0n) is 20.0. The Hall–Kier alpha value is -3.23. The minimum Gasteiger partial charge on any atom is -0.368 e. The van der Waals surface area contributed by atoms with Crippen molar-refractivity contribution in [1.29, 1.82) is 0 Å². The highest BCUT2D eigenvalue weighted by molar-refractivity contribution is 7.16. The molecule has 1 atom stereocenters. The van der Waals surface area contributed by atoms with Gasteiger partial charge in [-0.2, -0.15) is 0 Å². The van der Waals surface area contributed by atoms with Crippen molar-refractivity contribution in [2.24, 2.45) is 0 Å². The van der Waals surface area contributed by atoms with Crippen LogP contribution in [0.15, 0.2) is 48.5 Å². The molecule has 1 aliphatic carbocycles. The Morgan fingerprint density at radius 3 is 2.31 bits per heavy atom. The van der Waals surface area contributed by atoms with Gasteiger partial charge in [0.15, 0.2) is 10.9 Å². The molecule has 2 aromatic carbocycles. The molecule has 2 aliphatic rings. The van der Waals surface area contributed by atoms with Crippen molar-refractivity contribution in [3.63, 3.8) is 0 Å². The van der Waals surface area contributed by atoms with Gasteiger partial charge >= 0.3 is 0 Å². The molecule has 36 heavy (non-hydrogen) atoms. The van der Waals surface area contributed by atoms with Crippen LogP contribution in [0.5, 0.6) is 0 Å². The van der Waals surface area contributed by atoms with E-state index in [1.165, 1.54) is 11.3 Å². The highest BCUT2D eigenvalue weighted by Crippen LogP contribution is 2.38. The summed E-state index contributed by atoms with van der Waals surface area (Å²) in [6, 6.07) is 14.4. The second kappa shape index (κ2) is 10.4. The first-order valence-electron chi connectivity index (χ1n) is 12.1. The lowest BCUT2D eigenvalue weighted by molar-refractivity contribution is -0.133. The van der Waals surface area contributed by atoms with Crippen molar-refractivity contribution in [3.8, 4) is 0 Å². The molecule has 1 aromatic heterocycles. The van der Waals surface area contributed by atoms with E-state index in [1.54, 1.807) is 31.2 Å². The normalized spacial score (nSPS) is 17.4. The van der Waals surface area contributed by atoms with E-state index in [4.69, 9.17) is 16.6 Å². The first-order valence-corrected chi connectivity index (χ1v) is 13.3. The number of hydrogen-bond acceptors (Lipinski definition) is 6. The number of ketones is 1. The van der Waals surface area contributed by atoms with Crippen LogP contribution in [0.3, 0.4) is 0 Å². The van der Waals surface area contributed by atoms with Gasteiger partial charge in [-0.3, -0.25) is 19.7 Å². The molecule has 2 amide bonds. The number of carbonyl (C=O) groups is 3. The molecule has 9 heteroatoms. The molecule has 1 saturated heterocycles. The Morgan fingerprint density at radius 2 is 1.64 bits per heavy atom. The predicted octanol–water partition coefficient (Wildman–Crippen LogP) is 5.02. The number of benzene rings is 2. The molecule has 0 radical (unpaired) electrons. The van der Waals surface area contributed by atoms with Crippen LogP contribution < -0.4 is 10.2 Å². The number of anilines is 2. The van der Waals surface area contributed by atoms with Gasteiger partial charge in [0.2, 0.25) is 5.91 Å². The number of aromatic nitrogens is 1. The van der Waals surface area contributed by atoms with Crippen LogP contribution in [-0.2, 0) is 11.2 Å². The molecule has 7 nitrogen and oxygen atoms in total. The highest BCUT2D eigenvalue weighted by atomic mass is 35.5. The Morgan fingerprint density at radius 1 is 0.972 bits per heavy atom. The summed E-state index contributed by atoms with van der Waals surface area (Å²) in [6.07, 6.45) is 2.57. The van der Waals surface area contributed by atoms with Crippen LogP contribution in [0.1, 0.15) is 57.0 Å². The van der Waals surface area contributed by atoms with E-state index >= 15 is 0 Å². The third kappa shape index (κ3) is 5.15. The average molecular weight is 523 g/mol. The molecule has 0 saturated carbocycles. The van der Waals surface area contributed by atoms with E-state index in [1.807, 2.05) is 29.2 Å². The number of aryl methyl sites for hydroxylation is 1. The summed E-state index contributed by atoms with van der Waals surface area (Å²) in [7, 11) is 0. The summed E-state index contributed by atoms with van der Waals surface area (Å²) in [6.45, 7) is 4.33. The number of fused-ring (bicyclic) bond motifs is 1. The zero-order valence-corrected chi connectivity index (χ0v) is 21.6. The Labute approximate surface area is 219 Å². The number of hydrogen-bond donors (Lipinski definition) is 1. The summed E-state index contributed by atoms with van der Waals surface area (Å²) < 4.78 is 0. The fourth-order valence-electron chi connectivity index (χ4n) is 4.80. The van der Waals surface area contributed by atoms with Crippen LogP contribution in [0, 0.1) is 0 Å². The van der Waals surface area contributed by atoms with Crippen molar-refractivity contribution in [3.05, 3.63) is 75.3 Å². The van der Waals surface area contributed by atoms with Gasteiger partial charge in [-0.25, -0.2) is 4.98 Å². The molecule has 2 heterocycles. The molecule has 1 aliphatic heterocycles. The first-order chi connectivity index (χ1) is 17.4. The van der Waals surface area contributed by atoms with E-state index in [2.05, 4.69) is 10.2 Å². The number of rotatable bonds is 5. The monoisotopic (exact) mass is 522 g/mol. The third-order valence-corrected chi connectivity index (χ3v) is 8.11. The summed E-state index contributed by atoms with van der Waals surface area (Å²) in [5, 5.41) is 3.98. The first kappa shape index (κ1) is 24.5. The van der Waals surface area contributed by atoms with Gasteiger partial charge < -0.3 is 9.80 Å². The summed E-state index contributed by atoms with van der Waals surface area (Å²) in [5.74, 6) is -0.345. The zero-order chi connectivity index (χ0) is 25.2. The number of piperazine rings is 1. The molecule has 186 valence electrons. The lowest BCUT2D eigenvalue weighted by atomic mass is 9.89. The number of nitrogens with zero attached hydrogens (tertiary/aromatic N) is 3. The fraction of sp³-hybridized carbons (Fsp3) is 0.333. The van der Waals surface area contributed by atoms with Crippen LogP contribution >= 0.6 is 22.9 Å². The van der Waals surface area contributed by atoms with Crippen LogP contribution in [0.2, 0.25) is 5.02 Å². The SMILES string of the molecule is CC(=O)c1ccc(N2CCN(C(=O)C3CCCc4sc(NC(=O)c5ccc(Cl)cc5)nc43)CC2)cc1. The number of Topliss-reactive ketones (excluding diaryl/α,β-unsaturated/α-hetero) is 1. The standard InChI is InChI=1S/C27H27ClN4O3S/c1-17(33)18-7-11-21(12-8-18)31-13-15-32(16-14-31)26(35)22-3-2-4-23-24(22)29-27(36-23)30-25(34)19-5-9-20(28)10-6-19/h5-12,22H,2-4,13-16H2,1H3,(H,29,30,34). The second-order valence-electron chi connectivity index (χ2n) is 9.15. The number of halogens is 1. The highest BCUT2D eigenvalue weighted by Gasteiger charge is 2.34. The number of amides is 2. The maximum absolute atomic E-state index is 13.5. The van der Waals surface area contributed by atoms with Gasteiger partial charge in [0.25, 0.3) is 5.91 Å². The van der Waals surface area contributed by atoms with E-state index in [0.717, 1.165) is 48.6 Å². The van der Waals surface area contributed by atoms with Crippen molar-refractivity contribution >= 4 is 51.4 Å². The molecule has 1 fully saturated rings. The van der Waals surface area contributed by atoms with Gasteiger partial charge in [-0.05, 0) is 74.7 Å². The quantitative estimate of drug-likeness (QED) is 0.476. The van der Waals surface area contributed by atoms with Crippen molar-refractivity contribution in [2.45, 2.75) is 32.1 Å². The number of thiazole rings is 1. The van der Waals surface area contributed by atoms with Gasteiger partial charge in [0.1, 0.15) is 0 Å². The van der Waals surface area contributed by atoms with Crippen LogP contribution in [-0.4, -0.2) is 53.7 Å². The van der Waals surface area contributed by atoms with E-state index in [9.17, 15) is 14.4 Å². The predicted molar refractivity (Wildman–Crippen MR) is 142 cm³/mol. The van der Waals surface area contributed by atoms with Gasteiger partial charge in [-0.1, -0.05) is 11.6 Å². The molecule has 0 bridgehead atoms. The molecular formula is C27H27ClN4O3S. The second-order valence-corrected chi connectivity index (χ2v) is 10.7. The van der Waals surface area contributed by atoms with Crippen molar-refractivity contribution in [2.75, 3.05) is 36.4 Å². The molecule has 1 N–H and O–H groups in total. The van der Waals surface area contributed by atoms with Crippen LogP contribution in [0.4, 0.5) is 10.8 Å². The molecule has 3 aromatic rings. The molecular weight excluding hydrogens is 496 g/mol. The Bertz CT molecular complexity index is 1280. The lowest BCUT2D eigenvalue weighted by Crippen LogP contribution is -2.50. The van der Waals surface area contributed by atoms with Crippen LogP contribution in [0.25, 0.3) is 0 Å². The Balaban J connectivity index is 1.23. The van der Waals surface area contributed by atoms with Crippen molar-refractivity contribution in [1.82, 2.24) is 9.88 Å². The van der Waals surface area contributed by atoms with Gasteiger partial charge in [-0.15, -0.1) is 11.3 Å². The minimum absolute atomic E-state index is 0.0542. The van der Waals surface area contributed by atoms with Crippen molar-refractivity contribution < 1.29 is 14.4 Å². The molecule has 5 rings (SSSR count). The van der Waals surface area contributed by atoms with E-state index in [-0.39, 0.29) is 23.5 Å². The smallest absolute Gasteiger partial charge is 0.257 e. The minimum atomic E-state index is -0.271. The topological polar surface area (TPSA) is 82.6 Å². The largest absolute Gasteiger partial charge is 0.368 e. The fourth-order valence-corrected chi connectivity index (χ4v) is 5.98. The van der Waals surface area contributed by atoms with E-state index < -0.39 is 0 Å². The lowest BCUT2D eigenvalue weighted by Gasteiger charge is -2.38. The number of nitrogens with one attached hydrogen (secondary N) is 1. The molecule has 0 spiro atoms. The molecule has 1 unspecified atom stereocenters. The maximum atomic E-state index is 13.5. The third-order valence-electron chi connectivity index (χ3n) is 6.81. The van der Waals surface area contributed by atoms with Gasteiger partial charge in [0.05, 0.1) is 11.6 Å². The van der Waals surface area contributed by atoms with E-state index in [0.29, 0.717) is 34.4 Å². The summed E-state index contributed by atoms with van der Waals surface area (Å²) in [5.41, 5.74) is 3.08. The van der Waals surface area contributed by atoms with Gasteiger partial charge in [0, 0.05) is 52.9 Å².